The van der Waals surface area contributed by atoms with Crippen molar-refractivity contribution in [3.05, 3.63) is 24.3 Å². The SMILES string of the molecule is CC(=O)Nc1ccc(S(=O)(=O)C(C)(C)C(=O)[O-])cc1. The Balaban J connectivity index is 3.17. The molecule has 0 aromatic heterocycles. The van der Waals surface area contributed by atoms with Crippen molar-refractivity contribution in [3.8, 4) is 0 Å². The molecule has 1 aromatic rings. The van der Waals surface area contributed by atoms with E-state index >= 15 is 0 Å². The molecular weight excluding hydrogens is 270 g/mol. The van der Waals surface area contributed by atoms with E-state index in [1.807, 2.05) is 0 Å². The van der Waals surface area contributed by atoms with Crippen molar-refractivity contribution in [1.29, 1.82) is 0 Å². The molecule has 19 heavy (non-hydrogen) atoms. The number of hydrogen-bond acceptors (Lipinski definition) is 5. The maximum atomic E-state index is 12.1. The van der Waals surface area contributed by atoms with Crippen LogP contribution in [0, 0.1) is 0 Å². The molecule has 0 saturated carbocycles. The number of hydrogen-bond donors (Lipinski definition) is 1. The van der Waals surface area contributed by atoms with Crippen molar-refractivity contribution >= 4 is 27.4 Å². The molecule has 104 valence electrons. The highest BCUT2D eigenvalue weighted by atomic mass is 32.2. The van der Waals surface area contributed by atoms with Gasteiger partial charge in [0.25, 0.3) is 0 Å². The topological polar surface area (TPSA) is 103 Å². The lowest BCUT2D eigenvalue weighted by atomic mass is 10.2. The first-order chi connectivity index (χ1) is 8.59. The van der Waals surface area contributed by atoms with Crippen LogP contribution in [0.3, 0.4) is 0 Å². The zero-order chi connectivity index (χ0) is 14.8. The monoisotopic (exact) mass is 284 g/mol. The third-order valence-corrected chi connectivity index (χ3v) is 5.05. The predicted molar refractivity (Wildman–Crippen MR) is 67.0 cm³/mol. The minimum absolute atomic E-state index is 0.143. The van der Waals surface area contributed by atoms with Gasteiger partial charge in [0, 0.05) is 12.6 Å². The van der Waals surface area contributed by atoms with E-state index in [1.54, 1.807) is 0 Å². The lowest BCUT2D eigenvalue weighted by Gasteiger charge is -2.25. The lowest BCUT2D eigenvalue weighted by molar-refractivity contribution is -0.308. The van der Waals surface area contributed by atoms with Crippen LogP contribution in [-0.2, 0) is 19.4 Å². The van der Waals surface area contributed by atoms with Crippen LogP contribution in [-0.4, -0.2) is 25.0 Å². The smallest absolute Gasteiger partial charge is 0.221 e. The highest BCUT2D eigenvalue weighted by Gasteiger charge is 2.37. The molecule has 1 rings (SSSR count). The van der Waals surface area contributed by atoms with Crippen molar-refractivity contribution in [2.75, 3.05) is 5.32 Å². The number of carboxylic acid groups (broad SMARTS) is 1. The van der Waals surface area contributed by atoms with Gasteiger partial charge in [-0.2, -0.15) is 0 Å². The molecule has 0 heterocycles. The summed E-state index contributed by atoms with van der Waals surface area (Å²) in [5, 5.41) is 13.4. The van der Waals surface area contributed by atoms with Crippen molar-refractivity contribution in [3.63, 3.8) is 0 Å². The average molecular weight is 284 g/mol. The van der Waals surface area contributed by atoms with Crippen LogP contribution in [0.1, 0.15) is 20.8 Å². The Morgan fingerprint density at radius 1 is 1.16 bits per heavy atom. The van der Waals surface area contributed by atoms with E-state index in [-0.39, 0.29) is 10.8 Å². The Bertz CT molecular complexity index is 602. The highest BCUT2D eigenvalue weighted by molar-refractivity contribution is 7.93. The molecule has 0 saturated heterocycles. The molecule has 0 unspecified atom stereocenters. The molecule has 0 atom stereocenters. The van der Waals surface area contributed by atoms with Crippen LogP contribution in [0.25, 0.3) is 0 Å². The number of sulfone groups is 1. The number of carbonyl (C=O) groups is 2. The zero-order valence-corrected chi connectivity index (χ0v) is 11.6. The number of benzene rings is 1. The van der Waals surface area contributed by atoms with E-state index < -0.39 is 20.6 Å². The first-order valence-electron chi connectivity index (χ1n) is 5.43. The molecule has 7 heteroatoms. The summed E-state index contributed by atoms with van der Waals surface area (Å²) in [6.07, 6.45) is 0. The molecule has 0 fully saturated rings. The van der Waals surface area contributed by atoms with Crippen molar-refractivity contribution in [1.82, 2.24) is 0 Å². The number of rotatable bonds is 4. The first kappa shape index (κ1) is 15.2. The van der Waals surface area contributed by atoms with Gasteiger partial charge in [-0.1, -0.05) is 0 Å². The van der Waals surface area contributed by atoms with Gasteiger partial charge in [0.15, 0.2) is 9.84 Å². The Morgan fingerprint density at radius 3 is 2.00 bits per heavy atom. The van der Waals surface area contributed by atoms with Crippen LogP contribution < -0.4 is 10.4 Å². The van der Waals surface area contributed by atoms with Crippen molar-refractivity contribution < 1.29 is 23.1 Å². The average Bonchev–Trinajstić information content (AvgIpc) is 2.28. The van der Waals surface area contributed by atoms with Crippen LogP contribution in [0.15, 0.2) is 29.2 Å². The zero-order valence-electron chi connectivity index (χ0n) is 10.8. The third kappa shape index (κ3) is 2.93. The summed E-state index contributed by atoms with van der Waals surface area (Å²) in [5.74, 6) is -1.95. The van der Waals surface area contributed by atoms with E-state index in [0.717, 1.165) is 13.8 Å². The summed E-state index contributed by atoms with van der Waals surface area (Å²) in [6.45, 7) is 3.46. The molecule has 6 nitrogen and oxygen atoms in total. The molecule has 1 aromatic carbocycles. The van der Waals surface area contributed by atoms with Crippen LogP contribution in [0.4, 0.5) is 5.69 Å². The second kappa shape index (κ2) is 5.00. The van der Waals surface area contributed by atoms with Gasteiger partial charge >= 0.3 is 0 Å². The summed E-state index contributed by atoms with van der Waals surface area (Å²) in [6, 6.07) is 5.26. The van der Waals surface area contributed by atoms with Crippen molar-refractivity contribution in [2.24, 2.45) is 0 Å². The van der Waals surface area contributed by atoms with E-state index in [2.05, 4.69) is 5.32 Å². The van der Waals surface area contributed by atoms with Crippen LogP contribution >= 0.6 is 0 Å². The fraction of sp³-hybridized carbons (Fsp3) is 0.333. The molecule has 0 spiro atoms. The van der Waals surface area contributed by atoms with Gasteiger partial charge in [-0.05, 0) is 38.1 Å². The van der Waals surface area contributed by atoms with Gasteiger partial charge in [-0.15, -0.1) is 0 Å². The fourth-order valence-corrected chi connectivity index (χ4v) is 2.63. The first-order valence-corrected chi connectivity index (χ1v) is 6.91. The second-order valence-electron chi connectivity index (χ2n) is 4.51. The highest BCUT2D eigenvalue weighted by Crippen LogP contribution is 2.25. The number of nitrogens with one attached hydrogen (secondary N) is 1. The minimum atomic E-state index is -4.06. The number of carbonyl (C=O) groups excluding carboxylic acids is 2. The maximum Gasteiger partial charge on any atom is 0.221 e. The van der Waals surface area contributed by atoms with E-state index in [4.69, 9.17) is 0 Å². The van der Waals surface area contributed by atoms with Gasteiger partial charge in [0.05, 0.1) is 10.9 Å². The summed E-state index contributed by atoms with van der Waals surface area (Å²) >= 11 is 0. The van der Waals surface area contributed by atoms with E-state index in [9.17, 15) is 23.1 Å². The number of amides is 1. The molecule has 0 radical (unpaired) electrons. The largest absolute Gasteiger partial charge is 0.548 e. The molecule has 0 bridgehead atoms. The second-order valence-corrected chi connectivity index (χ2v) is 7.01. The predicted octanol–water partition coefficient (Wildman–Crippen LogP) is -0.0528. The molecule has 1 amide bonds. The summed E-state index contributed by atoms with van der Waals surface area (Å²) < 4.78 is 22.2. The van der Waals surface area contributed by atoms with Gasteiger partial charge in [-0.3, -0.25) is 4.79 Å². The lowest BCUT2D eigenvalue weighted by Crippen LogP contribution is -2.49. The Kier molecular flexibility index (Phi) is 4.00. The Morgan fingerprint density at radius 2 is 1.63 bits per heavy atom. The molecule has 1 N–H and O–H groups in total. The van der Waals surface area contributed by atoms with E-state index in [1.165, 1.54) is 31.2 Å². The third-order valence-electron chi connectivity index (χ3n) is 2.65. The quantitative estimate of drug-likeness (QED) is 0.834. The Labute approximate surface area is 111 Å². The molecule has 0 aliphatic rings. The standard InChI is InChI=1S/C12H15NO5S/c1-8(14)13-9-4-6-10(7-5-9)19(17,18)12(2,3)11(15)16/h4-7H,1-3H3,(H,13,14)(H,15,16)/p-1. The van der Waals surface area contributed by atoms with E-state index in [0.29, 0.717) is 5.69 Å². The summed E-state index contributed by atoms with van der Waals surface area (Å²) in [4.78, 5) is 21.6. The summed E-state index contributed by atoms with van der Waals surface area (Å²) in [5.41, 5.74) is 0.428. The van der Waals surface area contributed by atoms with Crippen molar-refractivity contribution in [2.45, 2.75) is 30.4 Å². The van der Waals surface area contributed by atoms with Crippen LogP contribution in [0.5, 0.6) is 0 Å². The van der Waals surface area contributed by atoms with Gasteiger partial charge in [0.2, 0.25) is 5.91 Å². The molecule has 0 aliphatic carbocycles. The number of aliphatic carboxylic acids is 1. The van der Waals surface area contributed by atoms with Gasteiger partial charge in [0.1, 0.15) is 4.75 Å². The van der Waals surface area contributed by atoms with Gasteiger partial charge < -0.3 is 15.2 Å². The fourth-order valence-electron chi connectivity index (χ4n) is 1.33. The maximum absolute atomic E-state index is 12.1. The van der Waals surface area contributed by atoms with Gasteiger partial charge in [-0.25, -0.2) is 8.42 Å². The normalized spacial score (nSPS) is 11.9. The Hall–Kier alpha value is -1.89. The summed E-state index contributed by atoms with van der Waals surface area (Å²) in [7, 11) is -4.06. The number of carboxylic acids is 1. The minimum Gasteiger partial charge on any atom is -0.548 e. The van der Waals surface area contributed by atoms with Crippen LogP contribution in [0.2, 0.25) is 0 Å². The number of anilines is 1. The molecule has 0 aliphatic heterocycles. The molecular formula is C12H14NO5S-.